The van der Waals surface area contributed by atoms with Crippen LogP contribution in [0.3, 0.4) is 0 Å². The third-order valence-electron chi connectivity index (χ3n) is 5.35. The van der Waals surface area contributed by atoms with Gasteiger partial charge in [0.2, 0.25) is 0 Å². The van der Waals surface area contributed by atoms with Gasteiger partial charge in [-0.2, -0.15) is 0 Å². The van der Waals surface area contributed by atoms with Gasteiger partial charge >= 0.3 is 11.9 Å². The fourth-order valence-electron chi connectivity index (χ4n) is 3.60. The molecule has 0 amide bonds. The summed E-state index contributed by atoms with van der Waals surface area (Å²) in [4.78, 5) is 22.4. The molecule has 1 unspecified atom stereocenters. The zero-order valence-electron chi connectivity index (χ0n) is 18.4. The molecule has 0 aliphatic heterocycles. The smallest absolute Gasteiger partial charge is 0.310 e. The van der Waals surface area contributed by atoms with Gasteiger partial charge in [0.15, 0.2) is 0 Å². The summed E-state index contributed by atoms with van der Waals surface area (Å²) in [5, 5.41) is 18.3. The van der Waals surface area contributed by atoms with Gasteiger partial charge in [0.05, 0.1) is 12.3 Å². The van der Waals surface area contributed by atoms with Crippen LogP contribution in [0.5, 0.6) is 0 Å². The van der Waals surface area contributed by atoms with E-state index < -0.39 is 17.9 Å². The lowest BCUT2D eigenvalue weighted by molar-refractivity contribution is -0.146. The van der Waals surface area contributed by atoms with Crippen LogP contribution >= 0.6 is 0 Å². The van der Waals surface area contributed by atoms with Crippen molar-refractivity contribution in [3.05, 3.63) is 11.6 Å². The van der Waals surface area contributed by atoms with E-state index in [0.29, 0.717) is 0 Å². The lowest BCUT2D eigenvalue weighted by Crippen LogP contribution is -2.16. The lowest BCUT2D eigenvalue weighted by atomic mass is 9.94. The van der Waals surface area contributed by atoms with Crippen LogP contribution in [0.15, 0.2) is 11.6 Å². The first-order valence-corrected chi connectivity index (χ1v) is 11.6. The highest BCUT2D eigenvalue weighted by molar-refractivity contribution is 5.79. The largest absolute Gasteiger partial charge is 0.481 e. The Bertz CT molecular complexity index is 428. The average molecular weight is 397 g/mol. The Morgan fingerprint density at radius 3 is 1.43 bits per heavy atom. The minimum absolute atomic E-state index is 0.327. The third-order valence-corrected chi connectivity index (χ3v) is 5.35. The number of hydrogen-bond acceptors (Lipinski definition) is 2. The van der Waals surface area contributed by atoms with Gasteiger partial charge in [0.1, 0.15) is 0 Å². The molecule has 0 aromatic rings. The first kappa shape index (κ1) is 26.7. The molecule has 164 valence electrons. The van der Waals surface area contributed by atoms with Gasteiger partial charge in [-0.25, -0.2) is 0 Å². The van der Waals surface area contributed by atoms with Crippen LogP contribution in [0.25, 0.3) is 0 Å². The maximum atomic E-state index is 11.4. The molecule has 0 fully saturated rings. The number of rotatable bonds is 20. The summed E-state index contributed by atoms with van der Waals surface area (Å²) in [7, 11) is 0. The van der Waals surface area contributed by atoms with Crippen LogP contribution in [-0.2, 0) is 9.59 Å². The molecule has 0 aromatic carbocycles. The molecule has 0 aliphatic rings. The Balaban J connectivity index is 4.43. The predicted octanol–water partition coefficient (Wildman–Crippen LogP) is 7.37. The molecule has 0 aliphatic carbocycles. The van der Waals surface area contributed by atoms with Gasteiger partial charge < -0.3 is 10.2 Å². The Morgan fingerprint density at radius 1 is 0.679 bits per heavy atom. The maximum absolute atomic E-state index is 11.4. The van der Waals surface area contributed by atoms with E-state index in [1.807, 2.05) is 0 Å². The van der Waals surface area contributed by atoms with Crippen molar-refractivity contribution < 1.29 is 19.8 Å². The van der Waals surface area contributed by atoms with Crippen LogP contribution in [0, 0.1) is 5.92 Å². The van der Waals surface area contributed by atoms with E-state index in [1.165, 1.54) is 77.0 Å². The molecule has 0 heterocycles. The number of allylic oxidation sites excluding steroid dienone is 1. The van der Waals surface area contributed by atoms with E-state index in [1.54, 1.807) is 6.08 Å². The van der Waals surface area contributed by atoms with Gasteiger partial charge in [-0.05, 0) is 25.7 Å². The number of hydrogen-bond donors (Lipinski definition) is 2. The first-order valence-electron chi connectivity index (χ1n) is 11.6. The zero-order chi connectivity index (χ0) is 21.0. The van der Waals surface area contributed by atoms with Crippen LogP contribution < -0.4 is 0 Å². The second kappa shape index (κ2) is 19.0. The van der Waals surface area contributed by atoms with Crippen molar-refractivity contribution in [1.82, 2.24) is 0 Å². The summed E-state index contributed by atoms with van der Waals surface area (Å²) in [5.74, 6) is -2.98. The monoisotopic (exact) mass is 396 g/mol. The van der Waals surface area contributed by atoms with E-state index in [2.05, 4.69) is 13.8 Å². The molecule has 28 heavy (non-hydrogen) atoms. The summed E-state index contributed by atoms with van der Waals surface area (Å²) in [5.41, 5.74) is 1.15. The summed E-state index contributed by atoms with van der Waals surface area (Å²) in [6.45, 7) is 4.44. The molecule has 0 aromatic heterocycles. The zero-order valence-corrected chi connectivity index (χ0v) is 18.4. The minimum atomic E-state index is -1.05. The molecular weight excluding hydrogens is 352 g/mol. The van der Waals surface area contributed by atoms with Crippen molar-refractivity contribution in [1.29, 1.82) is 0 Å². The van der Waals surface area contributed by atoms with E-state index in [-0.39, 0.29) is 6.42 Å². The topological polar surface area (TPSA) is 74.6 Å². The quantitative estimate of drug-likeness (QED) is 0.166. The molecule has 0 saturated heterocycles. The molecule has 0 rings (SSSR count). The molecule has 0 spiro atoms. The highest BCUT2D eigenvalue weighted by atomic mass is 16.4. The van der Waals surface area contributed by atoms with Gasteiger partial charge in [0, 0.05) is 0 Å². The van der Waals surface area contributed by atoms with Gasteiger partial charge in [-0.1, -0.05) is 103 Å². The molecule has 4 heteroatoms. The van der Waals surface area contributed by atoms with Gasteiger partial charge in [0.25, 0.3) is 0 Å². The number of unbranched alkanes of at least 4 members (excludes halogenated alkanes) is 12. The van der Waals surface area contributed by atoms with E-state index in [9.17, 15) is 14.7 Å². The van der Waals surface area contributed by atoms with Gasteiger partial charge in [-0.3, -0.25) is 9.59 Å². The van der Waals surface area contributed by atoms with Crippen molar-refractivity contribution in [2.45, 2.75) is 123 Å². The highest BCUT2D eigenvalue weighted by Gasteiger charge is 2.19. The Morgan fingerprint density at radius 2 is 1.07 bits per heavy atom. The van der Waals surface area contributed by atoms with Crippen molar-refractivity contribution in [3.63, 3.8) is 0 Å². The lowest BCUT2D eigenvalue weighted by Gasteiger charge is -2.12. The fourth-order valence-corrected chi connectivity index (χ4v) is 3.60. The van der Waals surface area contributed by atoms with Crippen LogP contribution in [-0.4, -0.2) is 22.2 Å². The van der Waals surface area contributed by atoms with Crippen LogP contribution in [0.2, 0.25) is 0 Å². The summed E-state index contributed by atoms with van der Waals surface area (Å²) >= 11 is 0. The first-order chi connectivity index (χ1) is 13.5. The summed E-state index contributed by atoms with van der Waals surface area (Å²) in [6, 6.07) is 0. The molecule has 2 N–H and O–H groups in total. The maximum Gasteiger partial charge on any atom is 0.310 e. The molecule has 1 atom stereocenters. The predicted molar refractivity (Wildman–Crippen MR) is 117 cm³/mol. The van der Waals surface area contributed by atoms with Crippen molar-refractivity contribution >= 4 is 11.9 Å². The Kier molecular flexibility index (Phi) is 18.1. The molecule has 4 nitrogen and oxygen atoms in total. The van der Waals surface area contributed by atoms with E-state index in [0.717, 1.165) is 31.3 Å². The number of carboxylic acids is 2. The molecule has 0 saturated carbocycles. The number of aliphatic carboxylic acids is 2. The van der Waals surface area contributed by atoms with Gasteiger partial charge in [-0.15, -0.1) is 0 Å². The fraction of sp³-hybridized carbons (Fsp3) is 0.833. The normalized spacial score (nSPS) is 12.9. The highest BCUT2D eigenvalue weighted by Crippen LogP contribution is 2.22. The second-order valence-corrected chi connectivity index (χ2v) is 8.11. The van der Waals surface area contributed by atoms with Crippen molar-refractivity contribution in [3.8, 4) is 0 Å². The summed E-state index contributed by atoms with van der Waals surface area (Å²) in [6.07, 6.45) is 20.5. The Labute approximate surface area is 172 Å². The minimum Gasteiger partial charge on any atom is -0.481 e. The summed E-state index contributed by atoms with van der Waals surface area (Å²) < 4.78 is 0. The number of carboxylic acid groups (broad SMARTS) is 2. The van der Waals surface area contributed by atoms with Crippen molar-refractivity contribution in [2.24, 2.45) is 5.92 Å². The molecular formula is C24H44O4. The van der Waals surface area contributed by atoms with Crippen LogP contribution in [0.1, 0.15) is 123 Å². The SMILES string of the molecule is CCCCCCCCCCC(=CC(CC(=O)O)C(=O)O)CCCCCCCC. The third kappa shape index (κ3) is 16.8. The molecule has 0 bridgehead atoms. The molecule has 0 radical (unpaired) electrons. The van der Waals surface area contributed by atoms with Crippen molar-refractivity contribution in [2.75, 3.05) is 0 Å². The van der Waals surface area contributed by atoms with E-state index in [4.69, 9.17) is 5.11 Å². The average Bonchev–Trinajstić information content (AvgIpc) is 2.65. The van der Waals surface area contributed by atoms with E-state index >= 15 is 0 Å². The second-order valence-electron chi connectivity index (χ2n) is 8.11. The standard InChI is InChI=1S/C24H44O4/c1-3-5-7-9-11-12-14-16-18-21(17-15-13-10-8-6-4-2)19-22(24(27)28)20-23(25)26/h19,22H,3-18,20H2,1-2H3,(H,25,26)(H,27,28). The Hall–Kier alpha value is -1.32. The van der Waals surface area contributed by atoms with Crippen LogP contribution in [0.4, 0.5) is 0 Å². The number of carbonyl (C=O) groups is 2.